The Bertz CT molecular complexity index is 471. The van der Waals surface area contributed by atoms with Gasteiger partial charge in [0.2, 0.25) is 5.03 Å². The molecule has 1 aromatic heterocycles. The minimum Gasteiger partial charge on any atom is -0.767 e. The third-order valence-corrected chi connectivity index (χ3v) is 2.11. The molecule has 6 nitrogen and oxygen atoms in total. The molecule has 7 heteroatoms. The summed E-state index contributed by atoms with van der Waals surface area (Å²) in [6.07, 6.45) is 0. The molecule has 0 radical (unpaired) electrons. The molecule has 0 aliphatic rings. The molecule has 15 heavy (non-hydrogen) atoms. The molecule has 0 bridgehead atoms. The Balaban J connectivity index is 2.25. The van der Waals surface area contributed by atoms with Crippen LogP contribution in [0.1, 0.15) is 0 Å². The predicted molar refractivity (Wildman–Crippen MR) is 48.0 cm³/mol. The van der Waals surface area contributed by atoms with E-state index in [0.29, 0.717) is 5.75 Å². The standard InChI is InChI=1S/C8H6N2O4S/c11-15(12)7-8(14-10-9-7)13-6-4-2-1-3-5-6/h1-5H,(H,11,12)/p-1. The lowest BCUT2D eigenvalue weighted by molar-refractivity contribution is 0.278. The van der Waals surface area contributed by atoms with E-state index in [4.69, 9.17) is 4.74 Å². The maximum Gasteiger partial charge on any atom is 0.353 e. The minimum atomic E-state index is -2.53. The van der Waals surface area contributed by atoms with Crippen LogP contribution in [0.3, 0.4) is 0 Å². The van der Waals surface area contributed by atoms with E-state index in [9.17, 15) is 8.76 Å². The summed E-state index contributed by atoms with van der Waals surface area (Å²) in [4.78, 5) is 0. The molecule has 78 valence electrons. The lowest BCUT2D eigenvalue weighted by atomic mass is 10.3. The van der Waals surface area contributed by atoms with Gasteiger partial charge in [-0.25, -0.2) is 0 Å². The van der Waals surface area contributed by atoms with Gasteiger partial charge in [-0.15, -0.1) is 0 Å². The van der Waals surface area contributed by atoms with Gasteiger partial charge in [-0.05, 0) is 12.1 Å². The summed E-state index contributed by atoms with van der Waals surface area (Å²) in [5.41, 5.74) is 0. The van der Waals surface area contributed by atoms with E-state index in [1.54, 1.807) is 30.3 Å². The van der Waals surface area contributed by atoms with Crippen molar-refractivity contribution in [1.82, 2.24) is 10.4 Å². The highest BCUT2D eigenvalue weighted by atomic mass is 32.2. The number of rotatable bonds is 3. The molecule has 1 heterocycles. The summed E-state index contributed by atoms with van der Waals surface area (Å²) < 4.78 is 30.9. The first-order valence-electron chi connectivity index (χ1n) is 3.92. The first-order chi connectivity index (χ1) is 7.27. The Morgan fingerprint density at radius 2 is 2.07 bits per heavy atom. The highest BCUT2D eigenvalue weighted by molar-refractivity contribution is 7.79. The summed E-state index contributed by atoms with van der Waals surface area (Å²) in [5, 5.41) is 6.01. The highest BCUT2D eigenvalue weighted by Gasteiger charge is 2.12. The monoisotopic (exact) mass is 225 g/mol. The molecule has 0 amide bonds. The van der Waals surface area contributed by atoms with Crippen LogP contribution in [0.4, 0.5) is 0 Å². The quantitative estimate of drug-likeness (QED) is 0.726. The Hall–Kier alpha value is -1.73. The highest BCUT2D eigenvalue weighted by Crippen LogP contribution is 2.24. The van der Waals surface area contributed by atoms with Gasteiger partial charge in [-0.1, -0.05) is 23.3 Å². The summed E-state index contributed by atoms with van der Waals surface area (Å²) in [6.45, 7) is 0. The van der Waals surface area contributed by atoms with Crippen molar-refractivity contribution in [3.63, 3.8) is 0 Å². The first kappa shape index (κ1) is 9.81. The summed E-state index contributed by atoms with van der Waals surface area (Å²) in [7, 11) is 0. The SMILES string of the molecule is O=S([O-])c1nnoc1Oc1ccccc1. The summed E-state index contributed by atoms with van der Waals surface area (Å²) in [5.74, 6) is 0.206. The van der Waals surface area contributed by atoms with Gasteiger partial charge in [0.25, 0.3) is 0 Å². The topological polar surface area (TPSA) is 88.3 Å². The molecule has 2 aromatic rings. The van der Waals surface area contributed by atoms with Crippen molar-refractivity contribution in [3.05, 3.63) is 30.3 Å². The maximum absolute atomic E-state index is 10.6. The average Bonchev–Trinajstić information content (AvgIpc) is 2.67. The average molecular weight is 225 g/mol. The summed E-state index contributed by atoms with van der Waals surface area (Å²) in [6, 6.07) is 8.60. The van der Waals surface area contributed by atoms with Crippen molar-refractivity contribution in [3.8, 4) is 11.7 Å². The van der Waals surface area contributed by atoms with Crippen LogP contribution in [-0.2, 0) is 11.1 Å². The lowest BCUT2D eigenvalue weighted by Gasteiger charge is -2.03. The zero-order valence-corrected chi connectivity index (χ0v) is 8.14. The molecule has 1 unspecified atom stereocenters. The van der Waals surface area contributed by atoms with Gasteiger partial charge in [0.05, 0.1) is 0 Å². The Morgan fingerprint density at radius 1 is 1.33 bits per heavy atom. The normalized spacial score (nSPS) is 12.3. The van der Waals surface area contributed by atoms with E-state index in [0.717, 1.165) is 0 Å². The van der Waals surface area contributed by atoms with Crippen LogP contribution in [-0.4, -0.2) is 19.1 Å². The number of hydrogen-bond donors (Lipinski definition) is 0. The predicted octanol–water partition coefficient (Wildman–Crippen LogP) is 1.10. The first-order valence-corrected chi connectivity index (χ1v) is 4.99. The fourth-order valence-electron chi connectivity index (χ4n) is 0.934. The molecule has 2 rings (SSSR count). The zero-order valence-electron chi connectivity index (χ0n) is 7.32. The number of hydrogen-bond acceptors (Lipinski definition) is 6. The van der Waals surface area contributed by atoms with Crippen LogP contribution in [0.5, 0.6) is 11.7 Å². The largest absolute Gasteiger partial charge is 0.767 e. The van der Waals surface area contributed by atoms with Crippen LogP contribution < -0.4 is 4.74 Å². The maximum atomic E-state index is 10.6. The van der Waals surface area contributed by atoms with E-state index in [2.05, 4.69) is 14.9 Å². The summed E-state index contributed by atoms with van der Waals surface area (Å²) >= 11 is -2.53. The molecule has 0 fully saturated rings. The lowest BCUT2D eigenvalue weighted by Crippen LogP contribution is -1.92. The van der Waals surface area contributed by atoms with E-state index < -0.39 is 11.1 Å². The van der Waals surface area contributed by atoms with Crippen LogP contribution >= 0.6 is 0 Å². The van der Waals surface area contributed by atoms with Gasteiger partial charge in [0, 0.05) is 16.4 Å². The van der Waals surface area contributed by atoms with Crippen molar-refractivity contribution >= 4 is 11.1 Å². The van der Waals surface area contributed by atoms with Gasteiger partial charge in [-0.3, -0.25) is 8.73 Å². The third-order valence-electron chi connectivity index (χ3n) is 1.54. The smallest absolute Gasteiger partial charge is 0.353 e. The third kappa shape index (κ3) is 2.20. The van der Waals surface area contributed by atoms with Crippen molar-refractivity contribution in [2.24, 2.45) is 0 Å². The van der Waals surface area contributed by atoms with Gasteiger partial charge >= 0.3 is 5.95 Å². The molecule has 0 saturated carbocycles. The molecule has 0 aliphatic carbocycles. The molecule has 1 aromatic carbocycles. The Morgan fingerprint density at radius 3 is 2.73 bits per heavy atom. The van der Waals surface area contributed by atoms with Gasteiger partial charge in [0.15, 0.2) is 0 Å². The van der Waals surface area contributed by atoms with Crippen LogP contribution in [0, 0.1) is 0 Å². The van der Waals surface area contributed by atoms with Crippen LogP contribution in [0.25, 0.3) is 0 Å². The second-order valence-corrected chi connectivity index (χ2v) is 3.37. The number of ether oxygens (including phenoxy) is 1. The number of para-hydroxylation sites is 1. The molecular weight excluding hydrogens is 220 g/mol. The van der Waals surface area contributed by atoms with Gasteiger partial charge < -0.3 is 9.29 Å². The fourth-order valence-corrected chi connectivity index (χ4v) is 1.25. The van der Waals surface area contributed by atoms with Crippen molar-refractivity contribution in [1.29, 1.82) is 0 Å². The van der Waals surface area contributed by atoms with Crippen molar-refractivity contribution in [2.45, 2.75) is 5.03 Å². The van der Waals surface area contributed by atoms with E-state index in [1.165, 1.54) is 0 Å². The van der Waals surface area contributed by atoms with E-state index in [-0.39, 0.29) is 11.0 Å². The Kier molecular flexibility index (Phi) is 2.75. The second kappa shape index (κ2) is 4.20. The van der Waals surface area contributed by atoms with E-state index >= 15 is 0 Å². The van der Waals surface area contributed by atoms with Crippen molar-refractivity contribution < 1.29 is 18.0 Å². The van der Waals surface area contributed by atoms with Crippen LogP contribution in [0.2, 0.25) is 0 Å². The number of aromatic nitrogens is 2. The molecule has 1 atom stereocenters. The molecular formula is C8H5N2O4S-. The van der Waals surface area contributed by atoms with Gasteiger partial charge in [-0.2, -0.15) is 0 Å². The number of nitrogens with zero attached hydrogens (tertiary/aromatic N) is 2. The number of benzene rings is 1. The van der Waals surface area contributed by atoms with E-state index in [1.807, 2.05) is 0 Å². The molecule has 0 saturated heterocycles. The fraction of sp³-hybridized carbons (Fsp3) is 0. The van der Waals surface area contributed by atoms with Crippen molar-refractivity contribution in [2.75, 3.05) is 0 Å². The molecule has 0 aliphatic heterocycles. The molecule has 0 spiro atoms. The zero-order chi connectivity index (χ0) is 10.7. The Labute approximate surface area is 87.1 Å². The second-order valence-electron chi connectivity index (χ2n) is 2.52. The minimum absolute atomic E-state index is 0.241. The van der Waals surface area contributed by atoms with Gasteiger partial charge in [0.1, 0.15) is 5.75 Å². The van der Waals surface area contributed by atoms with Crippen LogP contribution in [0.15, 0.2) is 39.9 Å². The molecule has 0 N–H and O–H groups in total.